The number of unbranched alkanes of at least 4 members (excludes halogenated alkanes) is 35. The summed E-state index contributed by atoms with van der Waals surface area (Å²) in [4.78, 5) is 38.3. The highest BCUT2D eigenvalue weighted by Gasteiger charge is 2.19. The highest BCUT2D eigenvalue weighted by atomic mass is 16.6. The van der Waals surface area contributed by atoms with Gasteiger partial charge in [0.15, 0.2) is 6.10 Å². The van der Waals surface area contributed by atoms with E-state index in [0.717, 1.165) is 141 Å². The molecule has 0 aliphatic carbocycles. The van der Waals surface area contributed by atoms with Gasteiger partial charge in [-0.3, -0.25) is 14.4 Å². The monoisotopic (exact) mass is 1150 g/mol. The third-order valence-corrected chi connectivity index (χ3v) is 15.2. The maximum atomic E-state index is 12.9. The zero-order valence-corrected chi connectivity index (χ0v) is 54.7. The van der Waals surface area contributed by atoms with Crippen LogP contribution in [0, 0.1) is 0 Å². The molecular formula is C77H132O6. The fraction of sp³-hybridized carbons (Fsp3) is 0.727. The lowest BCUT2D eigenvalue weighted by molar-refractivity contribution is -0.167. The first-order valence-electron chi connectivity index (χ1n) is 35.4. The Morgan fingerprint density at radius 1 is 0.253 bits per heavy atom. The highest BCUT2D eigenvalue weighted by molar-refractivity contribution is 5.71. The minimum Gasteiger partial charge on any atom is -0.462 e. The standard InChI is InChI=1S/C77H132O6/c1-4-7-10-13-16-19-22-24-26-28-30-32-34-36-38-39-40-42-43-45-47-49-51-53-55-58-61-64-67-70-76(79)82-73-74(72-81-75(78)69-66-63-60-57-21-18-15-12-9-6-3)83-77(80)71-68-65-62-59-56-54-52-50-48-46-44-41-37-35-33-31-29-27-25-23-20-17-14-11-8-5-2/h7,10,12,15-16,19,24,26,30,32,36,38,40,42,45,47,51,53,74H,4-6,8-9,11,13-14,17-18,20-23,25,27-29,31,33-35,37,39,41,43-44,46,48-50,52,54-73H2,1-3H3/b10-7-,15-12-,19-16-,26-24-,32-30-,38-36-,42-40-,47-45-,53-51-. The van der Waals surface area contributed by atoms with Gasteiger partial charge < -0.3 is 14.2 Å². The Hall–Kier alpha value is -3.93. The molecule has 0 bridgehead atoms. The van der Waals surface area contributed by atoms with Gasteiger partial charge in [-0.25, -0.2) is 0 Å². The number of carbonyl (C=O) groups excluding carboxylic acids is 3. The van der Waals surface area contributed by atoms with E-state index < -0.39 is 6.10 Å². The van der Waals surface area contributed by atoms with Crippen LogP contribution in [0.5, 0.6) is 0 Å². The topological polar surface area (TPSA) is 78.9 Å². The van der Waals surface area contributed by atoms with Crippen molar-refractivity contribution in [2.24, 2.45) is 0 Å². The lowest BCUT2D eigenvalue weighted by atomic mass is 10.0. The molecule has 0 aromatic carbocycles. The Labute approximate surface area is 514 Å². The van der Waals surface area contributed by atoms with Crippen LogP contribution in [0.3, 0.4) is 0 Å². The second kappa shape index (κ2) is 70.6. The summed E-state index contributed by atoms with van der Waals surface area (Å²) in [5.41, 5.74) is 0. The summed E-state index contributed by atoms with van der Waals surface area (Å²) in [6.07, 6.45) is 97.0. The molecule has 0 saturated carbocycles. The van der Waals surface area contributed by atoms with Crippen molar-refractivity contribution >= 4 is 17.9 Å². The van der Waals surface area contributed by atoms with Gasteiger partial charge in [0, 0.05) is 19.3 Å². The van der Waals surface area contributed by atoms with Gasteiger partial charge in [0.25, 0.3) is 0 Å². The van der Waals surface area contributed by atoms with Crippen molar-refractivity contribution in [3.63, 3.8) is 0 Å². The summed E-state index contributed by atoms with van der Waals surface area (Å²) in [5.74, 6) is -0.912. The number of hydrogen-bond acceptors (Lipinski definition) is 6. The Kier molecular flexibility index (Phi) is 67.2. The molecule has 0 saturated heterocycles. The first-order valence-corrected chi connectivity index (χ1v) is 35.4. The lowest BCUT2D eigenvalue weighted by Gasteiger charge is -2.18. The average Bonchev–Trinajstić information content (AvgIpc) is 3.49. The number of ether oxygens (including phenoxy) is 3. The molecule has 0 rings (SSSR count). The van der Waals surface area contributed by atoms with E-state index in [4.69, 9.17) is 14.2 Å². The van der Waals surface area contributed by atoms with Crippen LogP contribution in [0.4, 0.5) is 0 Å². The van der Waals surface area contributed by atoms with Gasteiger partial charge in [-0.1, -0.05) is 329 Å². The third-order valence-electron chi connectivity index (χ3n) is 15.2. The number of rotatable bonds is 64. The zero-order chi connectivity index (χ0) is 59.9. The lowest BCUT2D eigenvalue weighted by Crippen LogP contribution is -2.30. The summed E-state index contributed by atoms with van der Waals surface area (Å²) in [7, 11) is 0. The van der Waals surface area contributed by atoms with Crippen molar-refractivity contribution in [2.45, 2.75) is 348 Å². The van der Waals surface area contributed by atoms with Crippen molar-refractivity contribution in [3.8, 4) is 0 Å². The first-order chi connectivity index (χ1) is 41.0. The summed E-state index contributed by atoms with van der Waals surface area (Å²) >= 11 is 0. The van der Waals surface area contributed by atoms with Crippen molar-refractivity contribution in [2.75, 3.05) is 13.2 Å². The summed E-state index contributed by atoms with van der Waals surface area (Å²) in [6, 6.07) is 0. The Bertz CT molecular complexity index is 1660. The molecule has 83 heavy (non-hydrogen) atoms. The molecule has 476 valence electrons. The molecule has 0 N–H and O–H groups in total. The summed E-state index contributed by atoms with van der Waals surface area (Å²) < 4.78 is 16.9. The van der Waals surface area contributed by atoms with Crippen molar-refractivity contribution < 1.29 is 28.6 Å². The maximum Gasteiger partial charge on any atom is 0.306 e. The van der Waals surface area contributed by atoms with Gasteiger partial charge in [0.05, 0.1) is 0 Å². The summed E-state index contributed by atoms with van der Waals surface area (Å²) in [5, 5.41) is 0. The van der Waals surface area contributed by atoms with Crippen LogP contribution in [0.1, 0.15) is 342 Å². The van der Waals surface area contributed by atoms with Crippen LogP contribution in [-0.2, 0) is 28.6 Å². The summed E-state index contributed by atoms with van der Waals surface area (Å²) in [6.45, 7) is 6.47. The van der Waals surface area contributed by atoms with Crippen molar-refractivity contribution in [1.82, 2.24) is 0 Å². The van der Waals surface area contributed by atoms with Crippen LogP contribution >= 0.6 is 0 Å². The van der Waals surface area contributed by atoms with Gasteiger partial charge in [0.2, 0.25) is 0 Å². The van der Waals surface area contributed by atoms with Gasteiger partial charge in [-0.05, 0) is 103 Å². The highest BCUT2D eigenvalue weighted by Crippen LogP contribution is 2.18. The normalized spacial score (nSPS) is 12.8. The fourth-order valence-electron chi connectivity index (χ4n) is 9.99. The Morgan fingerprint density at radius 2 is 0.494 bits per heavy atom. The molecule has 1 unspecified atom stereocenters. The molecule has 0 aromatic heterocycles. The van der Waals surface area contributed by atoms with Crippen LogP contribution in [-0.4, -0.2) is 37.2 Å². The minimum absolute atomic E-state index is 0.0890. The quantitative estimate of drug-likeness (QED) is 0.0261. The largest absolute Gasteiger partial charge is 0.462 e. The number of allylic oxidation sites excluding steroid dienone is 18. The second-order valence-electron chi connectivity index (χ2n) is 23.4. The SMILES string of the molecule is CC/C=C\C/C=C\C/C=C\C/C=C\C/C=C\C/C=C\C/C=C\C/C=C\CCCCCCC(=O)OCC(COC(=O)CCCCCCC/C=C\CCC)OC(=O)CCCCCCCCCCCCCCCCCCCCCCCCCCCC. The minimum atomic E-state index is -0.793. The van der Waals surface area contributed by atoms with Gasteiger partial charge >= 0.3 is 17.9 Å². The molecule has 0 aliphatic rings. The number of hydrogen-bond donors (Lipinski definition) is 0. The van der Waals surface area contributed by atoms with E-state index in [1.54, 1.807) is 0 Å². The molecular weight excluding hydrogens is 1020 g/mol. The average molecular weight is 1150 g/mol. The molecule has 6 heteroatoms. The fourth-order valence-corrected chi connectivity index (χ4v) is 9.99. The molecule has 6 nitrogen and oxygen atoms in total. The van der Waals surface area contributed by atoms with Gasteiger partial charge in [0.1, 0.15) is 13.2 Å². The van der Waals surface area contributed by atoms with Gasteiger partial charge in [-0.15, -0.1) is 0 Å². The predicted molar refractivity (Wildman–Crippen MR) is 362 cm³/mol. The second-order valence-corrected chi connectivity index (χ2v) is 23.4. The molecule has 0 aromatic rings. The van der Waals surface area contributed by atoms with E-state index in [0.29, 0.717) is 19.3 Å². The predicted octanol–water partition coefficient (Wildman–Crippen LogP) is 24.6. The van der Waals surface area contributed by atoms with E-state index in [-0.39, 0.29) is 31.1 Å². The smallest absolute Gasteiger partial charge is 0.306 e. The van der Waals surface area contributed by atoms with Crippen LogP contribution in [0.2, 0.25) is 0 Å². The molecule has 0 spiro atoms. The number of esters is 3. The third kappa shape index (κ3) is 68.7. The molecule has 1 atom stereocenters. The molecule has 0 amide bonds. The van der Waals surface area contributed by atoms with E-state index in [9.17, 15) is 14.4 Å². The molecule has 0 aliphatic heterocycles. The van der Waals surface area contributed by atoms with Crippen LogP contribution in [0.15, 0.2) is 109 Å². The molecule has 0 radical (unpaired) electrons. The number of carbonyl (C=O) groups is 3. The van der Waals surface area contributed by atoms with Gasteiger partial charge in [-0.2, -0.15) is 0 Å². The molecule has 0 fully saturated rings. The first kappa shape index (κ1) is 79.1. The van der Waals surface area contributed by atoms with E-state index in [1.807, 2.05) is 0 Å². The van der Waals surface area contributed by atoms with Crippen molar-refractivity contribution in [1.29, 1.82) is 0 Å². The van der Waals surface area contributed by atoms with Crippen molar-refractivity contribution in [3.05, 3.63) is 109 Å². The van der Waals surface area contributed by atoms with E-state index in [2.05, 4.69) is 130 Å². The van der Waals surface area contributed by atoms with E-state index in [1.165, 1.54) is 161 Å². The Morgan fingerprint density at radius 3 is 0.795 bits per heavy atom. The van der Waals surface area contributed by atoms with E-state index >= 15 is 0 Å². The molecule has 0 heterocycles. The Balaban J connectivity index is 4.25. The maximum absolute atomic E-state index is 12.9. The van der Waals surface area contributed by atoms with Crippen LogP contribution < -0.4 is 0 Å². The van der Waals surface area contributed by atoms with Crippen LogP contribution in [0.25, 0.3) is 0 Å². The zero-order valence-electron chi connectivity index (χ0n) is 54.7.